The summed E-state index contributed by atoms with van der Waals surface area (Å²) in [5.74, 6) is 0.653. The SMILES string of the molecule is [NH]Cc1ccc(OCl)c(OCl)c1. The van der Waals surface area contributed by atoms with Crippen LogP contribution >= 0.6 is 23.7 Å². The molecule has 0 aliphatic rings. The lowest BCUT2D eigenvalue weighted by Crippen LogP contribution is -1.87. The van der Waals surface area contributed by atoms with E-state index in [0.717, 1.165) is 5.56 Å². The van der Waals surface area contributed by atoms with Crippen LogP contribution in [-0.4, -0.2) is 0 Å². The fraction of sp³-hybridized carbons (Fsp3) is 0.143. The predicted octanol–water partition coefficient (Wildman–Crippen LogP) is 2.53. The highest BCUT2D eigenvalue weighted by atomic mass is 35.5. The van der Waals surface area contributed by atoms with E-state index in [-0.39, 0.29) is 6.54 Å². The molecule has 1 rings (SSSR count). The largest absolute Gasteiger partial charge is 0.382 e. The van der Waals surface area contributed by atoms with Gasteiger partial charge in [-0.25, -0.2) is 0 Å². The second-order valence-electron chi connectivity index (χ2n) is 2.11. The normalized spacial score (nSPS) is 9.58. The third-order valence-corrected chi connectivity index (χ3v) is 1.71. The lowest BCUT2D eigenvalue weighted by molar-refractivity contribution is 0.543. The van der Waals surface area contributed by atoms with Crippen LogP contribution in [0.4, 0.5) is 0 Å². The van der Waals surface area contributed by atoms with Gasteiger partial charge in [-0.15, -0.1) is 0 Å². The third-order valence-electron chi connectivity index (χ3n) is 1.38. The third kappa shape index (κ3) is 1.94. The van der Waals surface area contributed by atoms with Gasteiger partial charge in [0.05, 0.1) is 0 Å². The second-order valence-corrected chi connectivity index (χ2v) is 2.42. The Bertz CT molecular complexity index is 268. The number of benzene rings is 1. The first-order valence-electron chi connectivity index (χ1n) is 3.16. The van der Waals surface area contributed by atoms with E-state index >= 15 is 0 Å². The van der Waals surface area contributed by atoms with Crippen LogP contribution in [0, 0.1) is 0 Å². The standard InChI is InChI=1S/C7H6Cl2NO2/c8-11-6-2-1-5(4-10)3-7(6)12-9/h1-3,10H,4H2. The van der Waals surface area contributed by atoms with Gasteiger partial charge in [0.15, 0.2) is 11.5 Å². The average molecular weight is 207 g/mol. The molecule has 0 bridgehead atoms. The maximum absolute atomic E-state index is 7.07. The van der Waals surface area contributed by atoms with Crippen molar-refractivity contribution in [2.24, 2.45) is 0 Å². The zero-order chi connectivity index (χ0) is 8.97. The summed E-state index contributed by atoms with van der Waals surface area (Å²) in [5.41, 5.74) is 7.85. The minimum atomic E-state index is 0.163. The van der Waals surface area contributed by atoms with Crippen molar-refractivity contribution >= 4 is 23.7 Å². The summed E-state index contributed by atoms with van der Waals surface area (Å²) in [7, 11) is 0. The van der Waals surface area contributed by atoms with Crippen LogP contribution in [0.2, 0.25) is 0 Å². The van der Waals surface area contributed by atoms with Gasteiger partial charge in [0.25, 0.3) is 0 Å². The lowest BCUT2D eigenvalue weighted by Gasteiger charge is -2.03. The summed E-state index contributed by atoms with van der Waals surface area (Å²) in [6.07, 6.45) is 0. The van der Waals surface area contributed by atoms with Crippen molar-refractivity contribution in [1.82, 2.24) is 5.73 Å². The van der Waals surface area contributed by atoms with Crippen LogP contribution < -0.4 is 14.3 Å². The van der Waals surface area contributed by atoms with Gasteiger partial charge >= 0.3 is 0 Å². The molecule has 1 radical (unpaired) electrons. The quantitative estimate of drug-likeness (QED) is 0.764. The van der Waals surface area contributed by atoms with Gasteiger partial charge in [-0.05, 0) is 17.7 Å². The molecule has 0 unspecified atom stereocenters. The Hall–Kier alpha value is -0.640. The molecule has 1 N–H and O–H groups in total. The van der Waals surface area contributed by atoms with Crippen molar-refractivity contribution in [3.8, 4) is 11.5 Å². The Morgan fingerprint density at radius 2 is 1.83 bits per heavy atom. The Morgan fingerprint density at radius 3 is 2.33 bits per heavy atom. The number of rotatable bonds is 3. The summed E-state index contributed by atoms with van der Waals surface area (Å²) in [5, 5.41) is 0. The van der Waals surface area contributed by atoms with Crippen LogP contribution in [0.5, 0.6) is 11.5 Å². The summed E-state index contributed by atoms with van der Waals surface area (Å²) in [6, 6.07) is 4.90. The van der Waals surface area contributed by atoms with Crippen LogP contribution in [0.1, 0.15) is 5.56 Å². The minimum Gasteiger partial charge on any atom is -0.382 e. The number of hydrogen-bond acceptors (Lipinski definition) is 2. The molecule has 0 saturated heterocycles. The molecule has 65 valence electrons. The maximum Gasteiger partial charge on any atom is 0.190 e. The van der Waals surface area contributed by atoms with E-state index in [1.54, 1.807) is 18.2 Å². The number of halogens is 2. The number of nitrogens with one attached hydrogen (secondary N) is 1. The molecule has 0 aromatic heterocycles. The van der Waals surface area contributed by atoms with Crippen LogP contribution in [0.15, 0.2) is 18.2 Å². The van der Waals surface area contributed by atoms with Crippen molar-refractivity contribution in [2.75, 3.05) is 0 Å². The summed E-state index contributed by atoms with van der Waals surface area (Å²) < 4.78 is 8.90. The van der Waals surface area contributed by atoms with Gasteiger partial charge in [0.1, 0.15) is 23.7 Å². The smallest absolute Gasteiger partial charge is 0.190 e. The average Bonchev–Trinajstić information content (AvgIpc) is 2.16. The molecule has 0 saturated carbocycles. The minimum absolute atomic E-state index is 0.163. The zero-order valence-corrected chi connectivity index (χ0v) is 7.52. The first-order valence-corrected chi connectivity index (χ1v) is 3.78. The van der Waals surface area contributed by atoms with E-state index < -0.39 is 0 Å². The Balaban J connectivity index is 3.02. The first-order chi connectivity index (χ1) is 5.81. The van der Waals surface area contributed by atoms with Crippen LogP contribution in [-0.2, 0) is 6.54 Å². The molecular weight excluding hydrogens is 201 g/mol. The first kappa shape index (κ1) is 9.45. The second kappa shape index (κ2) is 4.40. The van der Waals surface area contributed by atoms with Crippen LogP contribution in [0.3, 0.4) is 0 Å². The van der Waals surface area contributed by atoms with E-state index in [4.69, 9.17) is 29.5 Å². The van der Waals surface area contributed by atoms with Crippen molar-refractivity contribution in [3.63, 3.8) is 0 Å². The topological polar surface area (TPSA) is 42.3 Å². The van der Waals surface area contributed by atoms with Gasteiger partial charge < -0.3 is 8.58 Å². The molecule has 0 aliphatic heterocycles. The summed E-state index contributed by atoms with van der Waals surface area (Å²) in [6.45, 7) is 0.163. The number of hydrogen-bond donors (Lipinski definition) is 0. The van der Waals surface area contributed by atoms with E-state index in [1.807, 2.05) is 0 Å². The van der Waals surface area contributed by atoms with E-state index in [2.05, 4.69) is 8.58 Å². The fourth-order valence-electron chi connectivity index (χ4n) is 0.786. The van der Waals surface area contributed by atoms with E-state index in [0.29, 0.717) is 11.5 Å². The van der Waals surface area contributed by atoms with Crippen molar-refractivity contribution in [1.29, 1.82) is 0 Å². The molecule has 0 fully saturated rings. The van der Waals surface area contributed by atoms with Gasteiger partial charge in [-0.3, -0.25) is 5.73 Å². The molecule has 5 heteroatoms. The lowest BCUT2D eigenvalue weighted by atomic mass is 10.2. The molecule has 0 spiro atoms. The maximum atomic E-state index is 7.07. The fourth-order valence-corrected chi connectivity index (χ4v) is 1.03. The van der Waals surface area contributed by atoms with Crippen molar-refractivity contribution in [2.45, 2.75) is 6.54 Å². The van der Waals surface area contributed by atoms with Crippen molar-refractivity contribution < 1.29 is 8.58 Å². The highest BCUT2D eigenvalue weighted by molar-refractivity contribution is 6.10. The molecule has 1 aromatic carbocycles. The molecule has 0 heterocycles. The summed E-state index contributed by atoms with van der Waals surface area (Å²) in [4.78, 5) is 0. The van der Waals surface area contributed by atoms with Gasteiger partial charge in [0, 0.05) is 6.54 Å². The zero-order valence-electron chi connectivity index (χ0n) is 6.01. The molecule has 3 nitrogen and oxygen atoms in total. The van der Waals surface area contributed by atoms with Gasteiger partial charge in [-0.2, -0.15) is 0 Å². The highest BCUT2D eigenvalue weighted by Crippen LogP contribution is 2.29. The Kier molecular flexibility index (Phi) is 3.47. The molecular formula is C7H6Cl2NO2. The summed E-state index contributed by atoms with van der Waals surface area (Å²) >= 11 is 10.3. The molecule has 12 heavy (non-hydrogen) atoms. The van der Waals surface area contributed by atoms with E-state index in [9.17, 15) is 0 Å². The van der Waals surface area contributed by atoms with Crippen LogP contribution in [0.25, 0.3) is 0 Å². The molecule has 0 aliphatic carbocycles. The van der Waals surface area contributed by atoms with Crippen molar-refractivity contribution in [3.05, 3.63) is 23.8 Å². The molecule has 1 aromatic rings. The molecule has 0 amide bonds. The van der Waals surface area contributed by atoms with E-state index in [1.165, 1.54) is 0 Å². The monoisotopic (exact) mass is 206 g/mol. The predicted molar refractivity (Wildman–Crippen MR) is 46.2 cm³/mol. The highest BCUT2D eigenvalue weighted by Gasteiger charge is 2.05. The Labute approximate surface area is 80.3 Å². The Morgan fingerprint density at radius 1 is 1.17 bits per heavy atom. The molecule has 0 atom stereocenters. The van der Waals surface area contributed by atoms with Gasteiger partial charge in [-0.1, -0.05) is 6.07 Å². The van der Waals surface area contributed by atoms with Gasteiger partial charge in [0.2, 0.25) is 0 Å².